The van der Waals surface area contributed by atoms with Gasteiger partial charge in [0.05, 0.1) is 12.8 Å². The van der Waals surface area contributed by atoms with E-state index in [1.807, 2.05) is 0 Å². The zero-order valence-electron chi connectivity index (χ0n) is 7.39. The second-order valence-electron chi connectivity index (χ2n) is 2.40. The SMILES string of the molecule is CSN(CCC(=O)O)CCC(=O)O. The van der Waals surface area contributed by atoms with Gasteiger partial charge in [0.15, 0.2) is 0 Å². The van der Waals surface area contributed by atoms with E-state index in [1.165, 1.54) is 11.9 Å². The molecular weight excluding hydrogens is 194 g/mol. The average Bonchev–Trinajstić information content (AvgIpc) is 2.04. The first-order valence-corrected chi connectivity index (χ1v) is 4.97. The van der Waals surface area contributed by atoms with Crippen molar-refractivity contribution in [1.29, 1.82) is 0 Å². The van der Waals surface area contributed by atoms with E-state index in [0.717, 1.165) is 0 Å². The summed E-state index contributed by atoms with van der Waals surface area (Å²) >= 11 is 1.36. The first-order valence-electron chi connectivity index (χ1n) is 3.79. The van der Waals surface area contributed by atoms with Crippen molar-refractivity contribution in [1.82, 2.24) is 4.31 Å². The van der Waals surface area contributed by atoms with E-state index in [4.69, 9.17) is 10.2 Å². The fourth-order valence-corrected chi connectivity index (χ4v) is 1.28. The minimum Gasteiger partial charge on any atom is -0.481 e. The third kappa shape index (κ3) is 7.61. The number of carbonyl (C=O) groups is 2. The molecule has 0 atom stereocenters. The molecule has 0 aliphatic heterocycles. The highest BCUT2D eigenvalue weighted by molar-refractivity contribution is 7.96. The van der Waals surface area contributed by atoms with Crippen molar-refractivity contribution in [2.24, 2.45) is 0 Å². The summed E-state index contributed by atoms with van der Waals surface area (Å²) in [7, 11) is 0. The van der Waals surface area contributed by atoms with Gasteiger partial charge >= 0.3 is 11.9 Å². The zero-order valence-corrected chi connectivity index (χ0v) is 8.21. The third-order valence-electron chi connectivity index (χ3n) is 1.41. The lowest BCUT2D eigenvalue weighted by atomic mass is 10.4. The van der Waals surface area contributed by atoms with E-state index in [2.05, 4.69) is 0 Å². The summed E-state index contributed by atoms with van der Waals surface area (Å²) in [4.78, 5) is 20.4. The van der Waals surface area contributed by atoms with Crippen molar-refractivity contribution < 1.29 is 19.8 Å². The van der Waals surface area contributed by atoms with Crippen LogP contribution in [0.5, 0.6) is 0 Å². The Morgan fingerprint density at radius 3 is 1.77 bits per heavy atom. The van der Waals surface area contributed by atoms with E-state index in [1.54, 1.807) is 10.6 Å². The molecule has 0 aliphatic carbocycles. The summed E-state index contributed by atoms with van der Waals surface area (Å²) in [5.41, 5.74) is 0. The Hall–Kier alpha value is -0.750. The standard InChI is InChI=1S/C7H13NO4S/c1-13-8(4-2-6(9)10)5-3-7(11)12/h2-5H2,1H3,(H,9,10)(H,11,12). The molecule has 0 heterocycles. The highest BCUT2D eigenvalue weighted by Crippen LogP contribution is 2.06. The number of nitrogens with zero attached hydrogens (tertiary/aromatic N) is 1. The molecule has 0 amide bonds. The van der Waals surface area contributed by atoms with Gasteiger partial charge in [-0.15, -0.1) is 0 Å². The molecule has 0 aromatic rings. The van der Waals surface area contributed by atoms with Crippen LogP contribution in [0.3, 0.4) is 0 Å². The lowest BCUT2D eigenvalue weighted by molar-refractivity contribution is -0.137. The summed E-state index contributed by atoms with van der Waals surface area (Å²) in [6.07, 6.45) is 1.88. The summed E-state index contributed by atoms with van der Waals surface area (Å²) in [5, 5.41) is 16.8. The van der Waals surface area contributed by atoms with E-state index >= 15 is 0 Å². The minimum atomic E-state index is -0.866. The number of hydrogen-bond donors (Lipinski definition) is 2. The van der Waals surface area contributed by atoms with E-state index < -0.39 is 11.9 Å². The van der Waals surface area contributed by atoms with Crippen LogP contribution in [0.25, 0.3) is 0 Å². The topological polar surface area (TPSA) is 77.8 Å². The van der Waals surface area contributed by atoms with Gasteiger partial charge in [-0.25, -0.2) is 4.31 Å². The molecule has 0 saturated heterocycles. The number of carboxylic acids is 2. The van der Waals surface area contributed by atoms with Gasteiger partial charge in [-0.2, -0.15) is 0 Å². The van der Waals surface area contributed by atoms with Crippen LogP contribution in [-0.4, -0.2) is 45.8 Å². The Morgan fingerprint density at radius 2 is 1.54 bits per heavy atom. The molecule has 0 unspecified atom stereocenters. The summed E-state index contributed by atoms with van der Waals surface area (Å²) < 4.78 is 1.72. The Balaban J connectivity index is 3.63. The lowest BCUT2D eigenvalue weighted by Gasteiger charge is -2.16. The predicted octanol–water partition coefficient (Wildman–Crippen LogP) is 0.516. The van der Waals surface area contributed by atoms with Crippen molar-refractivity contribution in [3.63, 3.8) is 0 Å². The molecule has 0 aromatic carbocycles. The van der Waals surface area contributed by atoms with Crippen LogP contribution in [0.4, 0.5) is 0 Å². The minimum absolute atomic E-state index is 0.0421. The van der Waals surface area contributed by atoms with E-state index in [-0.39, 0.29) is 12.8 Å². The molecule has 0 aliphatic rings. The first-order chi connectivity index (χ1) is 6.06. The molecule has 76 valence electrons. The lowest BCUT2D eigenvalue weighted by Crippen LogP contribution is -2.22. The summed E-state index contributed by atoms with van der Waals surface area (Å²) in [6.45, 7) is 0.757. The van der Waals surface area contributed by atoms with Crippen molar-refractivity contribution in [2.75, 3.05) is 19.3 Å². The molecule has 0 rings (SSSR count). The largest absolute Gasteiger partial charge is 0.481 e. The van der Waals surface area contributed by atoms with E-state index in [0.29, 0.717) is 13.1 Å². The van der Waals surface area contributed by atoms with Crippen LogP contribution in [0, 0.1) is 0 Å². The Kier molecular flexibility index (Phi) is 6.34. The Morgan fingerprint density at radius 1 is 1.15 bits per heavy atom. The predicted molar refractivity (Wildman–Crippen MR) is 49.6 cm³/mol. The molecule has 13 heavy (non-hydrogen) atoms. The summed E-state index contributed by atoms with van der Waals surface area (Å²) in [5.74, 6) is -1.73. The van der Waals surface area contributed by atoms with Gasteiger partial charge in [0.1, 0.15) is 0 Å². The first kappa shape index (κ1) is 12.2. The zero-order chi connectivity index (χ0) is 10.3. The van der Waals surface area contributed by atoms with Crippen molar-refractivity contribution in [2.45, 2.75) is 12.8 Å². The van der Waals surface area contributed by atoms with Gasteiger partial charge in [0.25, 0.3) is 0 Å². The molecule has 2 N–H and O–H groups in total. The van der Waals surface area contributed by atoms with E-state index in [9.17, 15) is 9.59 Å². The normalized spacial score (nSPS) is 10.3. The molecule has 0 aromatic heterocycles. The molecule has 6 heteroatoms. The van der Waals surface area contributed by atoms with Crippen molar-refractivity contribution >= 4 is 23.9 Å². The second kappa shape index (κ2) is 6.73. The Labute approximate surface area is 80.9 Å². The molecular formula is C7H13NO4S. The number of rotatable bonds is 7. The fourth-order valence-electron chi connectivity index (χ4n) is 0.735. The van der Waals surface area contributed by atoms with Crippen LogP contribution in [0.15, 0.2) is 0 Å². The van der Waals surface area contributed by atoms with Gasteiger partial charge < -0.3 is 10.2 Å². The molecule has 0 radical (unpaired) electrons. The molecule has 0 saturated carbocycles. The quantitative estimate of drug-likeness (QED) is 0.592. The molecule has 5 nitrogen and oxygen atoms in total. The van der Waals surface area contributed by atoms with Gasteiger partial charge in [0, 0.05) is 13.1 Å². The van der Waals surface area contributed by atoms with Crippen LogP contribution < -0.4 is 0 Å². The number of carboxylic acid groups (broad SMARTS) is 2. The van der Waals surface area contributed by atoms with Gasteiger partial charge in [0.2, 0.25) is 0 Å². The van der Waals surface area contributed by atoms with Gasteiger partial charge in [-0.1, -0.05) is 11.9 Å². The second-order valence-corrected chi connectivity index (χ2v) is 3.28. The summed E-state index contributed by atoms with van der Waals surface area (Å²) in [6, 6.07) is 0. The van der Waals surface area contributed by atoms with Crippen molar-refractivity contribution in [3.8, 4) is 0 Å². The maximum Gasteiger partial charge on any atom is 0.304 e. The Bertz CT molecular complexity index is 167. The van der Waals surface area contributed by atoms with Gasteiger partial charge in [-0.05, 0) is 6.26 Å². The average molecular weight is 207 g/mol. The fraction of sp³-hybridized carbons (Fsp3) is 0.714. The third-order valence-corrected chi connectivity index (χ3v) is 2.29. The molecule has 0 spiro atoms. The van der Waals surface area contributed by atoms with Gasteiger partial charge in [-0.3, -0.25) is 9.59 Å². The maximum absolute atomic E-state index is 10.2. The smallest absolute Gasteiger partial charge is 0.304 e. The molecule has 0 fully saturated rings. The van der Waals surface area contributed by atoms with Crippen LogP contribution in [-0.2, 0) is 9.59 Å². The maximum atomic E-state index is 10.2. The molecule has 0 bridgehead atoms. The highest BCUT2D eigenvalue weighted by atomic mass is 32.2. The van der Waals surface area contributed by atoms with Crippen LogP contribution in [0.1, 0.15) is 12.8 Å². The van der Waals surface area contributed by atoms with Crippen LogP contribution >= 0.6 is 11.9 Å². The highest BCUT2D eigenvalue weighted by Gasteiger charge is 2.07. The number of aliphatic carboxylic acids is 2. The van der Waals surface area contributed by atoms with Crippen molar-refractivity contribution in [3.05, 3.63) is 0 Å². The van der Waals surface area contributed by atoms with Crippen LogP contribution in [0.2, 0.25) is 0 Å². The monoisotopic (exact) mass is 207 g/mol. The number of hydrogen-bond acceptors (Lipinski definition) is 4.